The van der Waals surface area contributed by atoms with Crippen LogP contribution in [0.2, 0.25) is 0 Å². The van der Waals surface area contributed by atoms with Gasteiger partial charge in [-0.15, -0.1) is 10.2 Å². The maximum Gasteiger partial charge on any atom is 0.233 e. The number of rotatable bonds is 5. The number of benzene rings is 1. The molecule has 1 amide bonds. The van der Waals surface area contributed by atoms with Crippen molar-refractivity contribution in [1.29, 1.82) is 0 Å². The minimum atomic E-state index is 0.221. The highest BCUT2D eigenvalue weighted by atomic mass is 32.2. The highest BCUT2D eigenvalue weighted by Gasteiger charge is 2.35. The number of hydrogen-bond acceptors (Lipinski definition) is 5. The Kier molecular flexibility index (Phi) is 5.62. The van der Waals surface area contributed by atoms with Crippen LogP contribution in [0.3, 0.4) is 0 Å². The van der Waals surface area contributed by atoms with Gasteiger partial charge in [-0.05, 0) is 55.9 Å². The average molecular weight is 423 g/mol. The summed E-state index contributed by atoms with van der Waals surface area (Å²) in [5, 5.41) is 9.46. The van der Waals surface area contributed by atoms with E-state index in [4.69, 9.17) is 4.42 Å². The molecule has 0 bridgehead atoms. The number of amides is 1. The van der Waals surface area contributed by atoms with Crippen LogP contribution in [0.5, 0.6) is 0 Å². The van der Waals surface area contributed by atoms with E-state index in [9.17, 15) is 4.79 Å². The standard InChI is InChI=1S/C23H26N4O2S/c28-21(26-14-6-9-17-8-4-5-12-19(17)26)16-30-23-25-24-22(20-13-7-15-29-20)27(23)18-10-2-1-3-11-18/h1-3,7,10-11,13,15,17,19H,4-6,8-9,12,14,16H2/t17-,19+/m0/s1. The Morgan fingerprint density at radius 2 is 1.87 bits per heavy atom. The fraction of sp³-hybridized carbons (Fsp3) is 0.435. The third-order valence-electron chi connectivity index (χ3n) is 6.28. The molecule has 2 atom stereocenters. The maximum atomic E-state index is 13.1. The zero-order chi connectivity index (χ0) is 20.3. The lowest BCUT2D eigenvalue weighted by Crippen LogP contribution is -2.50. The van der Waals surface area contributed by atoms with Crippen molar-refractivity contribution in [2.24, 2.45) is 5.92 Å². The van der Waals surface area contributed by atoms with Crippen molar-refractivity contribution >= 4 is 17.7 Å². The fourth-order valence-electron chi connectivity index (χ4n) is 4.88. The van der Waals surface area contributed by atoms with Crippen LogP contribution >= 0.6 is 11.8 Å². The number of carbonyl (C=O) groups excluding carboxylic acids is 1. The summed E-state index contributed by atoms with van der Waals surface area (Å²) >= 11 is 1.46. The Balaban J connectivity index is 1.37. The summed E-state index contributed by atoms with van der Waals surface area (Å²) in [6.45, 7) is 0.892. The molecule has 2 fully saturated rings. The average Bonchev–Trinajstić information content (AvgIpc) is 3.47. The van der Waals surface area contributed by atoms with Crippen LogP contribution in [-0.4, -0.2) is 43.9 Å². The van der Waals surface area contributed by atoms with Gasteiger partial charge in [-0.1, -0.05) is 42.8 Å². The Labute approximate surface area is 180 Å². The molecule has 1 aromatic carbocycles. The van der Waals surface area contributed by atoms with Crippen molar-refractivity contribution < 1.29 is 9.21 Å². The third-order valence-corrected chi connectivity index (χ3v) is 7.19. The van der Waals surface area contributed by atoms with Crippen molar-refractivity contribution in [3.8, 4) is 17.3 Å². The molecule has 0 N–H and O–H groups in total. The molecule has 1 saturated carbocycles. The zero-order valence-corrected chi connectivity index (χ0v) is 17.8. The molecule has 5 rings (SSSR count). The zero-order valence-electron chi connectivity index (χ0n) is 16.9. The number of carbonyl (C=O) groups is 1. The van der Waals surface area contributed by atoms with Gasteiger partial charge in [-0.3, -0.25) is 9.36 Å². The van der Waals surface area contributed by atoms with E-state index < -0.39 is 0 Å². The van der Waals surface area contributed by atoms with E-state index in [1.165, 1.54) is 37.4 Å². The topological polar surface area (TPSA) is 64.2 Å². The van der Waals surface area contributed by atoms with Crippen LogP contribution in [-0.2, 0) is 4.79 Å². The Morgan fingerprint density at radius 1 is 1.03 bits per heavy atom. The maximum absolute atomic E-state index is 13.1. The smallest absolute Gasteiger partial charge is 0.233 e. The number of nitrogens with zero attached hydrogens (tertiary/aromatic N) is 4. The molecule has 2 aromatic heterocycles. The number of aromatic nitrogens is 3. The molecule has 0 radical (unpaired) electrons. The SMILES string of the molecule is O=C(CSc1nnc(-c2ccco2)n1-c1ccccc1)N1CCC[C@@H]2CCCC[C@H]21. The van der Waals surface area contributed by atoms with E-state index in [-0.39, 0.29) is 5.91 Å². The number of hydrogen-bond donors (Lipinski definition) is 0. The number of piperidine rings is 1. The summed E-state index contributed by atoms with van der Waals surface area (Å²) in [6, 6.07) is 14.1. The molecule has 3 aromatic rings. The normalized spacial score (nSPS) is 21.4. The van der Waals surface area contributed by atoms with Gasteiger partial charge in [0.2, 0.25) is 11.7 Å². The first-order valence-electron chi connectivity index (χ1n) is 10.8. The molecule has 1 saturated heterocycles. The van der Waals surface area contributed by atoms with E-state index >= 15 is 0 Å². The van der Waals surface area contributed by atoms with E-state index in [2.05, 4.69) is 15.1 Å². The Morgan fingerprint density at radius 3 is 2.70 bits per heavy atom. The van der Waals surface area contributed by atoms with Gasteiger partial charge in [0.05, 0.1) is 12.0 Å². The minimum absolute atomic E-state index is 0.221. The second-order valence-corrected chi connectivity index (χ2v) is 9.03. The number of furan rings is 1. The quantitative estimate of drug-likeness (QED) is 0.553. The first-order valence-corrected chi connectivity index (χ1v) is 11.8. The molecule has 0 unspecified atom stereocenters. The van der Waals surface area contributed by atoms with Crippen LogP contribution in [0.4, 0.5) is 0 Å². The van der Waals surface area contributed by atoms with Crippen molar-refractivity contribution in [3.05, 3.63) is 48.7 Å². The molecule has 0 spiro atoms. The van der Waals surface area contributed by atoms with Crippen molar-refractivity contribution in [3.63, 3.8) is 0 Å². The van der Waals surface area contributed by atoms with Crippen LogP contribution < -0.4 is 0 Å². The lowest BCUT2D eigenvalue weighted by Gasteiger charge is -2.44. The number of likely N-dealkylation sites (tertiary alicyclic amines) is 1. The van der Waals surface area contributed by atoms with Gasteiger partial charge in [0.15, 0.2) is 10.9 Å². The number of para-hydroxylation sites is 1. The molecule has 30 heavy (non-hydrogen) atoms. The molecule has 1 aliphatic heterocycles. The summed E-state index contributed by atoms with van der Waals surface area (Å²) in [6.07, 6.45) is 9.02. The monoisotopic (exact) mass is 422 g/mol. The largest absolute Gasteiger partial charge is 0.461 e. The molecule has 3 heterocycles. The van der Waals surface area contributed by atoms with Gasteiger partial charge in [0.25, 0.3) is 0 Å². The van der Waals surface area contributed by atoms with Gasteiger partial charge in [0, 0.05) is 18.3 Å². The second kappa shape index (κ2) is 8.68. The fourth-order valence-corrected chi connectivity index (χ4v) is 5.72. The lowest BCUT2D eigenvalue weighted by molar-refractivity contribution is -0.134. The van der Waals surface area contributed by atoms with Gasteiger partial charge >= 0.3 is 0 Å². The van der Waals surface area contributed by atoms with E-state index in [0.717, 1.165) is 25.1 Å². The van der Waals surface area contributed by atoms with Gasteiger partial charge in [-0.25, -0.2) is 0 Å². The summed E-state index contributed by atoms with van der Waals surface area (Å²) in [5.41, 5.74) is 0.953. The van der Waals surface area contributed by atoms with Crippen LogP contribution in [0.25, 0.3) is 17.3 Å². The van der Waals surface area contributed by atoms with Gasteiger partial charge < -0.3 is 9.32 Å². The Bertz CT molecular complexity index is 984. The number of fused-ring (bicyclic) bond motifs is 1. The number of thioether (sulfide) groups is 1. The Hall–Kier alpha value is -2.54. The van der Waals surface area contributed by atoms with Gasteiger partial charge in [0.1, 0.15) is 0 Å². The first-order chi connectivity index (χ1) is 14.8. The molecule has 156 valence electrons. The second-order valence-electron chi connectivity index (χ2n) is 8.08. The molecule has 6 nitrogen and oxygen atoms in total. The van der Waals surface area contributed by atoms with Gasteiger partial charge in [-0.2, -0.15) is 0 Å². The lowest BCUT2D eigenvalue weighted by atomic mass is 9.78. The van der Waals surface area contributed by atoms with E-state index in [1.54, 1.807) is 6.26 Å². The van der Waals surface area contributed by atoms with Crippen molar-refractivity contribution in [1.82, 2.24) is 19.7 Å². The molecular weight excluding hydrogens is 396 g/mol. The van der Waals surface area contributed by atoms with Crippen LogP contribution in [0.15, 0.2) is 58.3 Å². The summed E-state index contributed by atoms with van der Waals surface area (Å²) in [4.78, 5) is 15.3. The van der Waals surface area contributed by atoms with E-state index in [0.29, 0.717) is 34.5 Å². The van der Waals surface area contributed by atoms with Crippen molar-refractivity contribution in [2.45, 2.75) is 49.7 Å². The third kappa shape index (κ3) is 3.78. The van der Waals surface area contributed by atoms with Crippen LogP contribution in [0.1, 0.15) is 38.5 Å². The summed E-state index contributed by atoms with van der Waals surface area (Å²) in [7, 11) is 0. The predicted octanol–water partition coefficient (Wildman–Crippen LogP) is 4.80. The molecular formula is C23H26N4O2S. The first kappa shape index (κ1) is 19.4. The highest BCUT2D eigenvalue weighted by Crippen LogP contribution is 2.36. The molecule has 1 aliphatic carbocycles. The summed E-state index contributed by atoms with van der Waals surface area (Å²) in [5.74, 6) is 2.60. The molecule has 2 aliphatic rings. The van der Waals surface area contributed by atoms with E-state index in [1.807, 2.05) is 47.0 Å². The van der Waals surface area contributed by atoms with Crippen molar-refractivity contribution in [2.75, 3.05) is 12.3 Å². The highest BCUT2D eigenvalue weighted by molar-refractivity contribution is 7.99. The molecule has 7 heteroatoms. The predicted molar refractivity (Wildman–Crippen MR) is 116 cm³/mol. The minimum Gasteiger partial charge on any atom is -0.461 e. The summed E-state index contributed by atoms with van der Waals surface area (Å²) < 4.78 is 7.54. The van der Waals surface area contributed by atoms with Crippen LogP contribution in [0, 0.1) is 5.92 Å².